The van der Waals surface area contributed by atoms with Crippen LogP contribution in [-0.4, -0.2) is 13.1 Å². The molecule has 0 aliphatic carbocycles. The van der Waals surface area contributed by atoms with Gasteiger partial charge in [-0.1, -0.05) is 37.3 Å². The maximum atomic E-state index is 11.8. The lowest BCUT2D eigenvalue weighted by Gasteiger charge is -2.13. The number of benzene rings is 2. The monoisotopic (exact) mass is 285 g/mol. The molecule has 110 valence electrons. The number of carbonyl (C=O) groups excluding carboxylic acids is 1. The Balaban J connectivity index is 2.24. The van der Waals surface area contributed by atoms with Crippen LogP contribution < -0.4 is 10.5 Å². The van der Waals surface area contributed by atoms with Crippen LogP contribution in [0.25, 0.3) is 0 Å². The van der Waals surface area contributed by atoms with Gasteiger partial charge in [-0.25, -0.2) is 4.79 Å². The molecule has 0 atom stereocenters. The summed E-state index contributed by atoms with van der Waals surface area (Å²) in [6.07, 6.45) is 0.886. The van der Waals surface area contributed by atoms with Gasteiger partial charge >= 0.3 is 5.97 Å². The van der Waals surface area contributed by atoms with Crippen LogP contribution in [0.4, 0.5) is 5.69 Å². The van der Waals surface area contributed by atoms with Gasteiger partial charge in [0.25, 0.3) is 0 Å². The summed E-state index contributed by atoms with van der Waals surface area (Å²) in [6.45, 7) is 2.34. The zero-order chi connectivity index (χ0) is 15.2. The smallest absolute Gasteiger partial charge is 0.340 e. The average Bonchev–Trinajstić information content (AvgIpc) is 2.52. The van der Waals surface area contributed by atoms with Crippen molar-refractivity contribution in [2.24, 2.45) is 0 Å². The van der Waals surface area contributed by atoms with E-state index in [1.807, 2.05) is 30.3 Å². The van der Waals surface area contributed by atoms with Crippen LogP contribution in [0.5, 0.6) is 5.75 Å². The van der Waals surface area contributed by atoms with E-state index in [0.717, 1.165) is 17.7 Å². The quantitative estimate of drug-likeness (QED) is 0.677. The van der Waals surface area contributed by atoms with Crippen molar-refractivity contribution in [3.63, 3.8) is 0 Å². The topological polar surface area (TPSA) is 61.5 Å². The van der Waals surface area contributed by atoms with E-state index in [9.17, 15) is 4.79 Å². The molecule has 0 saturated heterocycles. The van der Waals surface area contributed by atoms with Gasteiger partial charge in [-0.3, -0.25) is 0 Å². The fourth-order valence-electron chi connectivity index (χ4n) is 2.18. The lowest BCUT2D eigenvalue weighted by molar-refractivity contribution is 0.0599. The molecule has 0 fully saturated rings. The number of para-hydroxylation sites is 1. The Morgan fingerprint density at radius 1 is 1.10 bits per heavy atom. The second-order valence-electron chi connectivity index (χ2n) is 4.62. The highest BCUT2D eigenvalue weighted by Crippen LogP contribution is 2.23. The number of anilines is 1. The minimum absolute atomic E-state index is 0.270. The molecule has 0 aliphatic rings. The van der Waals surface area contributed by atoms with Crippen LogP contribution in [0.3, 0.4) is 0 Å². The zero-order valence-electron chi connectivity index (χ0n) is 12.3. The van der Waals surface area contributed by atoms with Gasteiger partial charge in [0.05, 0.1) is 12.7 Å². The van der Waals surface area contributed by atoms with E-state index < -0.39 is 5.97 Å². The summed E-state index contributed by atoms with van der Waals surface area (Å²) < 4.78 is 10.6. The summed E-state index contributed by atoms with van der Waals surface area (Å²) in [5.41, 5.74) is 8.47. The molecule has 4 nitrogen and oxygen atoms in total. The van der Waals surface area contributed by atoms with Gasteiger partial charge in [0.15, 0.2) is 0 Å². The van der Waals surface area contributed by atoms with Crippen LogP contribution >= 0.6 is 0 Å². The minimum atomic E-state index is -0.449. The lowest BCUT2D eigenvalue weighted by Crippen LogP contribution is -2.11. The number of nitrogens with two attached hydrogens (primary N) is 1. The average molecular weight is 285 g/mol. The summed E-state index contributed by atoms with van der Waals surface area (Å²) in [5, 5.41) is 0. The van der Waals surface area contributed by atoms with E-state index in [-0.39, 0.29) is 6.61 Å². The molecule has 0 saturated carbocycles. The van der Waals surface area contributed by atoms with Gasteiger partial charge < -0.3 is 15.2 Å². The predicted molar refractivity (Wildman–Crippen MR) is 82.3 cm³/mol. The third-order valence-electron chi connectivity index (χ3n) is 3.31. The molecular weight excluding hydrogens is 266 g/mol. The summed E-state index contributed by atoms with van der Waals surface area (Å²) >= 11 is 0. The molecule has 2 rings (SSSR count). The largest absolute Gasteiger partial charge is 0.489 e. The van der Waals surface area contributed by atoms with E-state index in [1.165, 1.54) is 7.11 Å². The van der Waals surface area contributed by atoms with Crippen LogP contribution in [0, 0.1) is 0 Å². The molecule has 0 bridgehead atoms. The van der Waals surface area contributed by atoms with Crippen molar-refractivity contribution in [3.05, 3.63) is 59.2 Å². The van der Waals surface area contributed by atoms with Gasteiger partial charge in [0, 0.05) is 11.3 Å². The number of esters is 1. The number of nitrogen functional groups attached to an aromatic ring is 1. The molecule has 0 radical (unpaired) electrons. The SMILES string of the molecule is CCc1ccccc1OCc1cccc(N)c1C(=O)OC. The summed E-state index contributed by atoms with van der Waals surface area (Å²) in [7, 11) is 1.34. The van der Waals surface area contributed by atoms with Crippen molar-refractivity contribution in [1.82, 2.24) is 0 Å². The number of ether oxygens (including phenoxy) is 2. The van der Waals surface area contributed by atoms with Crippen LogP contribution in [0.2, 0.25) is 0 Å². The maximum absolute atomic E-state index is 11.8. The molecule has 2 aromatic rings. The number of methoxy groups -OCH3 is 1. The Kier molecular flexibility index (Phi) is 4.82. The Morgan fingerprint density at radius 3 is 2.52 bits per heavy atom. The van der Waals surface area contributed by atoms with Crippen molar-refractivity contribution in [3.8, 4) is 5.75 Å². The number of hydrogen-bond acceptors (Lipinski definition) is 4. The Labute approximate surface area is 124 Å². The van der Waals surface area contributed by atoms with Crippen molar-refractivity contribution in [1.29, 1.82) is 0 Å². The molecule has 2 N–H and O–H groups in total. The highest BCUT2D eigenvalue weighted by molar-refractivity contribution is 5.96. The van der Waals surface area contributed by atoms with Crippen LogP contribution in [-0.2, 0) is 17.8 Å². The molecule has 0 aliphatic heterocycles. The third-order valence-corrected chi connectivity index (χ3v) is 3.31. The first-order chi connectivity index (χ1) is 10.2. The number of aryl methyl sites for hydroxylation is 1. The Morgan fingerprint density at radius 2 is 1.81 bits per heavy atom. The number of hydrogen-bond donors (Lipinski definition) is 1. The first kappa shape index (κ1) is 14.9. The minimum Gasteiger partial charge on any atom is -0.489 e. The molecule has 0 unspecified atom stereocenters. The van der Waals surface area contributed by atoms with E-state index in [2.05, 4.69) is 6.92 Å². The van der Waals surface area contributed by atoms with E-state index in [4.69, 9.17) is 15.2 Å². The first-order valence-electron chi connectivity index (χ1n) is 6.83. The lowest BCUT2D eigenvalue weighted by atomic mass is 10.1. The molecular formula is C17H19NO3. The Hall–Kier alpha value is -2.49. The van der Waals surface area contributed by atoms with Crippen LogP contribution in [0.15, 0.2) is 42.5 Å². The van der Waals surface area contributed by atoms with Crippen molar-refractivity contribution in [2.45, 2.75) is 20.0 Å². The maximum Gasteiger partial charge on any atom is 0.340 e. The second-order valence-corrected chi connectivity index (χ2v) is 4.62. The van der Waals surface area contributed by atoms with Crippen LogP contribution in [0.1, 0.15) is 28.4 Å². The summed E-state index contributed by atoms with van der Waals surface area (Å²) in [5.74, 6) is 0.369. The molecule has 0 spiro atoms. The molecule has 0 heterocycles. The Bertz CT molecular complexity index is 638. The highest BCUT2D eigenvalue weighted by atomic mass is 16.5. The zero-order valence-corrected chi connectivity index (χ0v) is 12.3. The molecule has 0 aromatic heterocycles. The second kappa shape index (κ2) is 6.79. The standard InChI is InChI=1S/C17H19NO3/c1-3-12-7-4-5-10-15(12)21-11-13-8-6-9-14(18)16(13)17(19)20-2/h4-10H,3,11,18H2,1-2H3. The van der Waals surface area contributed by atoms with E-state index >= 15 is 0 Å². The van der Waals surface area contributed by atoms with E-state index in [0.29, 0.717) is 16.8 Å². The molecule has 21 heavy (non-hydrogen) atoms. The summed E-state index contributed by atoms with van der Waals surface area (Å²) in [4.78, 5) is 11.8. The molecule has 2 aromatic carbocycles. The van der Waals surface area contributed by atoms with Gasteiger partial charge in [-0.2, -0.15) is 0 Å². The molecule has 4 heteroatoms. The number of rotatable bonds is 5. The fraction of sp³-hybridized carbons (Fsp3) is 0.235. The van der Waals surface area contributed by atoms with Gasteiger partial charge in [-0.15, -0.1) is 0 Å². The normalized spacial score (nSPS) is 10.2. The van der Waals surface area contributed by atoms with Gasteiger partial charge in [0.1, 0.15) is 12.4 Å². The predicted octanol–water partition coefficient (Wildman–Crippen LogP) is 3.20. The summed E-state index contributed by atoms with van der Waals surface area (Å²) in [6, 6.07) is 13.1. The first-order valence-corrected chi connectivity index (χ1v) is 6.83. The van der Waals surface area contributed by atoms with E-state index in [1.54, 1.807) is 12.1 Å². The van der Waals surface area contributed by atoms with Gasteiger partial charge in [0.2, 0.25) is 0 Å². The highest BCUT2D eigenvalue weighted by Gasteiger charge is 2.16. The fourth-order valence-corrected chi connectivity index (χ4v) is 2.18. The van der Waals surface area contributed by atoms with Crippen molar-refractivity contribution >= 4 is 11.7 Å². The van der Waals surface area contributed by atoms with Crippen molar-refractivity contribution in [2.75, 3.05) is 12.8 Å². The molecule has 0 amide bonds. The van der Waals surface area contributed by atoms with Crippen molar-refractivity contribution < 1.29 is 14.3 Å². The number of carbonyl (C=O) groups is 1. The third kappa shape index (κ3) is 3.34. The van der Waals surface area contributed by atoms with Gasteiger partial charge in [-0.05, 0) is 24.1 Å².